The first-order valence-electron chi connectivity index (χ1n) is 7.83. The van der Waals surface area contributed by atoms with Crippen molar-refractivity contribution in [2.45, 2.75) is 39.7 Å². The van der Waals surface area contributed by atoms with Crippen molar-refractivity contribution in [3.63, 3.8) is 0 Å². The minimum atomic E-state index is -2.50. The van der Waals surface area contributed by atoms with Gasteiger partial charge in [0, 0.05) is 25.9 Å². The van der Waals surface area contributed by atoms with Crippen LogP contribution in [0.15, 0.2) is 30.8 Å². The Balaban J connectivity index is 2.65. The second-order valence-corrected chi connectivity index (χ2v) is 7.53. The Morgan fingerprint density at radius 3 is 2.29 bits per heavy atom. The molecule has 1 aromatic carbocycles. The topological polar surface area (TPSA) is 27.7 Å². The quantitative estimate of drug-likeness (QED) is 0.570. The number of hydrogen-bond donors (Lipinski definition) is 0. The van der Waals surface area contributed by atoms with Crippen molar-refractivity contribution in [1.82, 2.24) is 0 Å². The molecule has 0 bridgehead atoms. The van der Waals surface area contributed by atoms with E-state index in [0.717, 1.165) is 24.4 Å². The van der Waals surface area contributed by atoms with Gasteiger partial charge in [0.1, 0.15) is 0 Å². The molecule has 0 fully saturated rings. The van der Waals surface area contributed by atoms with Crippen molar-refractivity contribution in [1.29, 1.82) is 0 Å². The van der Waals surface area contributed by atoms with Gasteiger partial charge in [-0.15, -0.1) is 0 Å². The fraction of sp³-hybridized carbons (Fsp3) is 0.529. The average molecular weight is 308 g/mol. The maximum atomic E-state index is 6.11. The Morgan fingerprint density at radius 1 is 1.05 bits per heavy atom. The van der Waals surface area contributed by atoms with Gasteiger partial charge in [-0.25, -0.2) is 0 Å². The standard InChI is InChI=1S/C17H28O3Si/c1-5-15-21(18-7-3,19-8-4)20-14-13-17-12-10-9-11-16(17)6-2/h6,9-12H,2,5,7-8,13-15H2,1,3-4H3. The summed E-state index contributed by atoms with van der Waals surface area (Å²) in [6.45, 7) is 11.9. The highest BCUT2D eigenvalue weighted by Gasteiger charge is 2.39. The summed E-state index contributed by atoms with van der Waals surface area (Å²) in [7, 11) is -2.50. The molecule has 0 atom stereocenters. The summed E-state index contributed by atoms with van der Waals surface area (Å²) in [6.07, 6.45) is 3.74. The van der Waals surface area contributed by atoms with Crippen LogP contribution in [0.5, 0.6) is 0 Å². The minimum absolute atomic E-state index is 0.622. The molecule has 0 N–H and O–H groups in total. The molecule has 0 radical (unpaired) electrons. The Hall–Kier alpha value is -0.943. The SMILES string of the molecule is C=Cc1ccccc1CCO[Si](CCC)(OCC)OCC. The molecule has 0 saturated carbocycles. The van der Waals surface area contributed by atoms with E-state index in [-0.39, 0.29) is 0 Å². The lowest BCUT2D eigenvalue weighted by molar-refractivity contribution is 0.0678. The summed E-state index contributed by atoms with van der Waals surface area (Å²) >= 11 is 0. The minimum Gasteiger partial charge on any atom is -0.374 e. The largest absolute Gasteiger partial charge is 0.500 e. The van der Waals surface area contributed by atoms with Crippen molar-refractivity contribution in [3.05, 3.63) is 42.0 Å². The van der Waals surface area contributed by atoms with E-state index in [1.807, 2.05) is 32.1 Å². The van der Waals surface area contributed by atoms with Crippen molar-refractivity contribution >= 4 is 14.9 Å². The van der Waals surface area contributed by atoms with Crippen LogP contribution in [-0.4, -0.2) is 28.6 Å². The zero-order valence-corrected chi connectivity index (χ0v) is 14.6. The van der Waals surface area contributed by atoms with E-state index in [2.05, 4.69) is 25.6 Å². The van der Waals surface area contributed by atoms with Crippen LogP contribution in [0.3, 0.4) is 0 Å². The number of rotatable bonds is 11. The molecule has 3 nitrogen and oxygen atoms in total. The average Bonchev–Trinajstić information content (AvgIpc) is 2.48. The van der Waals surface area contributed by atoms with Gasteiger partial charge < -0.3 is 13.3 Å². The molecule has 118 valence electrons. The van der Waals surface area contributed by atoms with Crippen LogP contribution in [0.25, 0.3) is 6.08 Å². The van der Waals surface area contributed by atoms with Crippen molar-refractivity contribution in [2.24, 2.45) is 0 Å². The molecule has 0 saturated heterocycles. The Labute approximate surface area is 130 Å². The second-order valence-electron chi connectivity index (χ2n) is 4.80. The van der Waals surface area contributed by atoms with Gasteiger partial charge in [-0.05, 0) is 31.4 Å². The summed E-state index contributed by atoms with van der Waals surface area (Å²) < 4.78 is 17.9. The molecule has 0 aliphatic rings. The van der Waals surface area contributed by atoms with E-state index in [1.165, 1.54) is 5.56 Å². The number of hydrogen-bond acceptors (Lipinski definition) is 3. The van der Waals surface area contributed by atoms with Crippen LogP contribution in [0.1, 0.15) is 38.3 Å². The van der Waals surface area contributed by atoms with E-state index >= 15 is 0 Å². The van der Waals surface area contributed by atoms with Crippen molar-refractivity contribution in [3.8, 4) is 0 Å². The summed E-state index contributed by atoms with van der Waals surface area (Å²) in [5, 5.41) is 0. The lowest BCUT2D eigenvalue weighted by Gasteiger charge is -2.28. The van der Waals surface area contributed by atoms with Gasteiger partial charge in [0.2, 0.25) is 0 Å². The van der Waals surface area contributed by atoms with Crippen LogP contribution >= 0.6 is 0 Å². The van der Waals surface area contributed by atoms with Gasteiger partial charge in [-0.2, -0.15) is 0 Å². The monoisotopic (exact) mass is 308 g/mol. The van der Waals surface area contributed by atoms with Crippen molar-refractivity contribution < 1.29 is 13.3 Å². The third kappa shape index (κ3) is 5.75. The summed E-state index contributed by atoms with van der Waals surface area (Å²) in [5.74, 6) is 0. The van der Waals surface area contributed by atoms with Gasteiger partial charge in [-0.3, -0.25) is 0 Å². The number of benzene rings is 1. The lowest BCUT2D eigenvalue weighted by atomic mass is 10.1. The normalized spacial score (nSPS) is 11.6. The molecular weight excluding hydrogens is 280 g/mol. The van der Waals surface area contributed by atoms with Gasteiger partial charge in [0.05, 0.1) is 0 Å². The molecule has 21 heavy (non-hydrogen) atoms. The molecule has 0 heterocycles. The summed E-state index contributed by atoms with van der Waals surface area (Å²) in [4.78, 5) is 0. The zero-order valence-electron chi connectivity index (χ0n) is 13.6. The molecule has 1 aromatic rings. The van der Waals surface area contributed by atoms with Gasteiger partial charge in [-0.1, -0.05) is 50.3 Å². The molecular formula is C17H28O3Si. The van der Waals surface area contributed by atoms with Gasteiger partial charge in [0.25, 0.3) is 0 Å². The van der Waals surface area contributed by atoms with Crippen LogP contribution in [0.2, 0.25) is 6.04 Å². The molecule has 0 unspecified atom stereocenters. The first-order valence-corrected chi connectivity index (χ1v) is 9.76. The smallest absolute Gasteiger partial charge is 0.374 e. The predicted molar refractivity (Wildman–Crippen MR) is 90.3 cm³/mol. The van der Waals surface area contributed by atoms with E-state index in [0.29, 0.717) is 19.8 Å². The van der Waals surface area contributed by atoms with E-state index in [1.54, 1.807) is 0 Å². The van der Waals surface area contributed by atoms with E-state index in [9.17, 15) is 0 Å². The summed E-state index contributed by atoms with van der Waals surface area (Å²) in [5.41, 5.74) is 2.41. The molecule has 0 aromatic heterocycles. The third-order valence-corrected chi connectivity index (χ3v) is 6.47. The van der Waals surface area contributed by atoms with E-state index in [4.69, 9.17) is 13.3 Å². The second kappa shape index (κ2) is 9.90. The maximum Gasteiger partial charge on any atom is 0.500 e. The fourth-order valence-electron chi connectivity index (χ4n) is 2.37. The van der Waals surface area contributed by atoms with E-state index < -0.39 is 8.80 Å². The molecule has 1 rings (SSSR count). The Morgan fingerprint density at radius 2 is 1.71 bits per heavy atom. The first-order chi connectivity index (χ1) is 10.2. The Kier molecular flexibility index (Phi) is 8.53. The molecule has 0 aliphatic heterocycles. The molecule has 4 heteroatoms. The highest BCUT2D eigenvalue weighted by molar-refractivity contribution is 6.60. The van der Waals surface area contributed by atoms with Gasteiger partial charge in [0.15, 0.2) is 0 Å². The predicted octanol–water partition coefficient (Wildman–Crippen LogP) is 4.31. The van der Waals surface area contributed by atoms with Crippen LogP contribution in [0, 0.1) is 0 Å². The maximum absolute atomic E-state index is 6.11. The highest BCUT2D eigenvalue weighted by Crippen LogP contribution is 2.19. The Bertz CT molecular complexity index is 403. The van der Waals surface area contributed by atoms with Crippen molar-refractivity contribution in [2.75, 3.05) is 19.8 Å². The van der Waals surface area contributed by atoms with Crippen LogP contribution in [0.4, 0.5) is 0 Å². The lowest BCUT2D eigenvalue weighted by Crippen LogP contribution is -2.46. The first kappa shape index (κ1) is 18.1. The van der Waals surface area contributed by atoms with Gasteiger partial charge >= 0.3 is 8.80 Å². The highest BCUT2D eigenvalue weighted by atomic mass is 28.4. The summed E-state index contributed by atoms with van der Waals surface area (Å²) in [6, 6.07) is 9.13. The molecule has 0 amide bonds. The zero-order chi connectivity index (χ0) is 15.6. The van der Waals surface area contributed by atoms with Crippen LogP contribution in [-0.2, 0) is 19.7 Å². The fourth-order valence-corrected chi connectivity index (χ4v) is 4.95. The molecule has 0 aliphatic carbocycles. The third-order valence-electron chi connectivity index (χ3n) is 3.25. The van der Waals surface area contributed by atoms with Crippen LogP contribution < -0.4 is 0 Å². The molecule has 0 spiro atoms.